The van der Waals surface area contributed by atoms with E-state index in [1.807, 2.05) is 42.6 Å². The summed E-state index contributed by atoms with van der Waals surface area (Å²) in [7, 11) is 0. The minimum absolute atomic E-state index is 0.116. The fourth-order valence-electron chi connectivity index (χ4n) is 1.51. The van der Waals surface area contributed by atoms with E-state index in [9.17, 15) is 4.79 Å². The fraction of sp³-hybridized carbons (Fsp3) is 0.143. The molecule has 0 saturated carbocycles. The van der Waals surface area contributed by atoms with Crippen LogP contribution in [0.3, 0.4) is 0 Å². The molecule has 0 atom stereocenters. The minimum Gasteiger partial charge on any atom is -0.375 e. The van der Waals surface area contributed by atoms with E-state index in [4.69, 9.17) is 11.6 Å². The van der Waals surface area contributed by atoms with Crippen molar-refractivity contribution < 1.29 is 4.79 Å². The molecule has 1 aromatic carbocycles. The van der Waals surface area contributed by atoms with Crippen molar-refractivity contribution in [1.29, 1.82) is 0 Å². The Hall–Kier alpha value is -1.85. The van der Waals surface area contributed by atoms with Gasteiger partial charge in [0.1, 0.15) is 0 Å². The molecule has 0 saturated heterocycles. The average molecular weight is 308 g/mol. The van der Waals surface area contributed by atoms with E-state index in [0.717, 1.165) is 16.3 Å². The van der Waals surface area contributed by atoms with Crippen molar-refractivity contribution in [2.45, 2.75) is 6.92 Å². The van der Waals surface area contributed by atoms with Crippen LogP contribution in [0.5, 0.6) is 0 Å². The summed E-state index contributed by atoms with van der Waals surface area (Å²) >= 11 is 7.56. The van der Waals surface area contributed by atoms with Crippen LogP contribution in [0.2, 0.25) is 5.02 Å². The molecule has 0 aliphatic carbocycles. The molecule has 0 aliphatic rings. The smallest absolute Gasteiger partial charge is 0.259 e. The number of halogens is 1. The molecule has 104 valence electrons. The second-order valence-corrected chi connectivity index (χ2v) is 5.40. The van der Waals surface area contributed by atoms with Gasteiger partial charge in [-0.3, -0.25) is 4.79 Å². The topological polar surface area (TPSA) is 53.5 Å². The average Bonchev–Trinajstić information content (AvgIpc) is 2.98. The number of carbonyl (C=O) groups is 1. The van der Waals surface area contributed by atoms with Crippen molar-refractivity contribution in [3.8, 4) is 0 Å². The van der Waals surface area contributed by atoms with Gasteiger partial charge in [-0.15, -0.1) is 11.3 Å². The number of carbonyl (C=O) groups excluding carboxylic acids is 1. The van der Waals surface area contributed by atoms with Crippen molar-refractivity contribution >= 4 is 40.2 Å². The molecular weight excluding hydrogens is 294 g/mol. The van der Waals surface area contributed by atoms with Gasteiger partial charge in [0.2, 0.25) is 0 Å². The Morgan fingerprint density at radius 2 is 2.10 bits per heavy atom. The number of para-hydroxylation sites is 1. The summed E-state index contributed by atoms with van der Waals surface area (Å²) in [6, 6.07) is 11.2. The maximum atomic E-state index is 11.7. The summed E-state index contributed by atoms with van der Waals surface area (Å²) < 4.78 is 0. The van der Waals surface area contributed by atoms with E-state index in [1.165, 1.54) is 0 Å². The van der Waals surface area contributed by atoms with E-state index < -0.39 is 0 Å². The van der Waals surface area contributed by atoms with Gasteiger partial charge in [-0.1, -0.05) is 29.8 Å². The zero-order valence-electron chi connectivity index (χ0n) is 10.9. The van der Waals surface area contributed by atoms with E-state index in [2.05, 4.69) is 15.8 Å². The Bertz CT molecular complexity index is 611. The van der Waals surface area contributed by atoms with Crippen LogP contribution in [-0.2, 0) is 4.79 Å². The summed E-state index contributed by atoms with van der Waals surface area (Å²) in [6.07, 6.45) is 0. The molecule has 4 nitrogen and oxygen atoms in total. The molecule has 0 spiro atoms. The molecule has 20 heavy (non-hydrogen) atoms. The van der Waals surface area contributed by atoms with Crippen molar-refractivity contribution in [1.82, 2.24) is 5.43 Å². The van der Waals surface area contributed by atoms with Crippen LogP contribution >= 0.6 is 22.9 Å². The molecule has 2 aromatic rings. The van der Waals surface area contributed by atoms with Crippen LogP contribution in [0.1, 0.15) is 11.8 Å². The zero-order chi connectivity index (χ0) is 14.4. The van der Waals surface area contributed by atoms with Crippen molar-refractivity contribution in [3.63, 3.8) is 0 Å². The molecule has 0 aliphatic heterocycles. The van der Waals surface area contributed by atoms with Crippen LogP contribution in [0, 0.1) is 0 Å². The van der Waals surface area contributed by atoms with Crippen molar-refractivity contribution in [2.75, 3.05) is 11.9 Å². The fourth-order valence-corrected chi connectivity index (χ4v) is 2.38. The van der Waals surface area contributed by atoms with Crippen LogP contribution < -0.4 is 10.7 Å². The van der Waals surface area contributed by atoms with Gasteiger partial charge >= 0.3 is 0 Å². The Kier molecular flexibility index (Phi) is 5.15. The lowest BCUT2D eigenvalue weighted by molar-refractivity contribution is -0.119. The van der Waals surface area contributed by atoms with Crippen molar-refractivity contribution in [3.05, 3.63) is 51.7 Å². The minimum atomic E-state index is -0.221. The predicted octanol–water partition coefficient (Wildman–Crippen LogP) is 3.35. The molecule has 1 aromatic heterocycles. The van der Waals surface area contributed by atoms with E-state index in [0.29, 0.717) is 5.02 Å². The molecule has 0 unspecified atom stereocenters. The lowest BCUT2D eigenvalue weighted by Crippen LogP contribution is -2.26. The normalized spacial score (nSPS) is 11.2. The van der Waals surface area contributed by atoms with Crippen molar-refractivity contribution in [2.24, 2.45) is 5.10 Å². The Balaban J connectivity index is 1.84. The first-order valence-electron chi connectivity index (χ1n) is 6.02. The number of benzene rings is 1. The highest BCUT2D eigenvalue weighted by atomic mass is 35.5. The van der Waals surface area contributed by atoms with Gasteiger partial charge in [-0.05, 0) is 30.5 Å². The van der Waals surface area contributed by atoms with Gasteiger partial charge in [-0.2, -0.15) is 5.10 Å². The summed E-state index contributed by atoms with van der Waals surface area (Å²) in [5, 5.41) is 9.57. The molecule has 1 heterocycles. The highest BCUT2D eigenvalue weighted by molar-refractivity contribution is 7.12. The third-order valence-electron chi connectivity index (χ3n) is 2.54. The standard InChI is InChI=1S/C14H14ClN3OS/c1-10(13-7-4-8-20-13)17-18-14(19)9-16-12-6-3-2-5-11(12)15/h2-8,16H,9H2,1H3,(H,18,19)/b17-10+. The SMILES string of the molecule is C/C(=N\NC(=O)CNc1ccccc1Cl)c1cccs1. The number of hydrazone groups is 1. The van der Waals surface area contributed by atoms with Crippen LogP contribution in [0.4, 0.5) is 5.69 Å². The van der Waals surface area contributed by atoms with Gasteiger partial charge in [-0.25, -0.2) is 5.43 Å². The highest BCUT2D eigenvalue weighted by Crippen LogP contribution is 2.19. The molecule has 0 radical (unpaired) electrons. The van der Waals surface area contributed by atoms with E-state index in [1.54, 1.807) is 17.4 Å². The predicted molar refractivity (Wildman–Crippen MR) is 84.6 cm³/mol. The number of nitrogens with one attached hydrogen (secondary N) is 2. The number of rotatable bonds is 5. The first kappa shape index (κ1) is 14.6. The summed E-state index contributed by atoms with van der Waals surface area (Å²) in [4.78, 5) is 12.7. The lowest BCUT2D eigenvalue weighted by atomic mass is 10.3. The van der Waals surface area contributed by atoms with E-state index >= 15 is 0 Å². The second kappa shape index (κ2) is 7.07. The zero-order valence-corrected chi connectivity index (χ0v) is 12.5. The van der Waals surface area contributed by atoms with Gasteiger partial charge in [0.15, 0.2) is 0 Å². The second-order valence-electron chi connectivity index (χ2n) is 4.04. The number of amides is 1. The maximum Gasteiger partial charge on any atom is 0.259 e. The lowest BCUT2D eigenvalue weighted by Gasteiger charge is -2.07. The van der Waals surface area contributed by atoms with Crippen LogP contribution in [-0.4, -0.2) is 18.2 Å². The van der Waals surface area contributed by atoms with Gasteiger partial charge in [0, 0.05) is 4.88 Å². The first-order valence-corrected chi connectivity index (χ1v) is 7.28. The summed E-state index contributed by atoms with van der Waals surface area (Å²) in [5.74, 6) is -0.221. The molecule has 0 bridgehead atoms. The van der Waals surface area contributed by atoms with Gasteiger partial charge in [0.05, 0.1) is 23.0 Å². The quantitative estimate of drug-likeness (QED) is 0.657. The Labute approximate surface area is 126 Å². The maximum absolute atomic E-state index is 11.7. The van der Waals surface area contributed by atoms with Gasteiger partial charge < -0.3 is 5.32 Å². The third kappa shape index (κ3) is 4.08. The number of nitrogens with zero attached hydrogens (tertiary/aromatic N) is 1. The van der Waals surface area contributed by atoms with E-state index in [-0.39, 0.29) is 12.5 Å². The Morgan fingerprint density at radius 1 is 1.30 bits per heavy atom. The number of anilines is 1. The summed E-state index contributed by atoms with van der Waals surface area (Å²) in [6.45, 7) is 1.97. The molecule has 1 amide bonds. The monoisotopic (exact) mass is 307 g/mol. The molecule has 0 fully saturated rings. The first-order chi connectivity index (χ1) is 9.66. The van der Waals surface area contributed by atoms with Crippen LogP contribution in [0.25, 0.3) is 0 Å². The van der Waals surface area contributed by atoms with Gasteiger partial charge in [0.25, 0.3) is 5.91 Å². The molecular formula is C14H14ClN3OS. The highest BCUT2D eigenvalue weighted by Gasteiger charge is 2.03. The van der Waals surface area contributed by atoms with Crippen LogP contribution in [0.15, 0.2) is 46.9 Å². The number of thiophene rings is 1. The Morgan fingerprint density at radius 3 is 2.80 bits per heavy atom. The largest absolute Gasteiger partial charge is 0.375 e. The molecule has 6 heteroatoms. The molecule has 2 rings (SSSR count). The third-order valence-corrected chi connectivity index (χ3v) is 3.85. The summed E-state index contributed by atoms with van der Waals surface area (Å²) in [5.41, 5.74) is 4.02. The molecule has 2 N–H and O–H groups in total. The number of hydrogen-bond donors (Lipinski definition) is 2. The number of hydrogen-bond acceptors (Lipinski definition) is 4.